The Bertz CT molecular complexity index is 536. The van der Waals surface area contributed by atoms with Gasteiger partial charge in [-0.1, -0.05) is 18.0 Å². The number of hydrogen-bond donors (Lipinski definition) is 2. The molecule has 0 unspecified atom stereocenters. The van der Waals surface area contributed by atoms with Crippen molar-refractivity contribution in [2.75, 3.05) is 19.0 Å². The second-order valence-corrected chi connectivity index (χ2v) is 5.41. The lowest BCUT2D eigenvalue weighted by atomic mass is 9.68. The first-order valence-corrected chi connectivity index (χ1v) is 6.79. The van der Waals surface area contributed by atoms with Crippen molar-refractivity contribution >= 4 is 29.2 Å². The molecule has 1 saturated carbocycles. The van der Waals surface area contributed by atoms with E-state index in [2.05, 4.69) is 5.32 Å². The summed E-state index contributed by atoms with van der Waals surface area (Å²) in [6.45, 7) is 0.299. The molecule has 108 valence electrons. The van der Waals surface area contributed by atoms with Crippen LogP contribution in [-0.4, -0.2) is 25.5 Å². The van der Waals surface area contributed by atoms with Crippen LogP contribution < -0.4 is 11.1 Å². The van der Waals surface area contributed by atoms with E-state index in [1.165, 1.54) is 19.2 Å². The number of anilines is 1. The summed E-state index contributed by atoms with van der Waals surface area (Å²) in [7, 11) is 1.29. The number of carbonyl (C=O) groups is 2. The molecule has 0 heterocycles. The standard InChI is InChI=1S/C14H17ClN2O3/c1-20-12(18)10-4-3-9(15)7-11(10)17-13(19)14(8-16)5-2-6-14/h3-4,7H,2,5-6,8,16H2,1H3,(H,17,19). The Balaban J connectivity index is 2.26. The number of nitrogens with two attached hydrogens (primary N) is 1. The zero-order chi connectivity index (χ0) is 14.8. The van der Waals surface area contributed by atoms with Crippen molar-refractivity contribution in [2.24, 2.45) is 11.1 Å². The molecule has 1 aliphatic rings. The van der Waals surface area contributed by atoms with Crippen LogP contribution in [0.1, 0.15) is 29.6 Å². The first kappa shape index (κ1) is 14.8. The highest BCUT2D eigenvalue weighted by Gasteiger charge is 2.43. The van der Waals surface area contributed by atoms with Crippen molar-refractivity contribution in [3.05, 3.63) is 28.8 Å². The number of benzene rings is 1. The number of methoxy groups -OCH3 is 1. The molecule has 0 aliphatic heterocycles. The van der Waals surface area contributed by atoms with Gasteiger partial charge in [0.25, 0.3) is 0 Å². The Morgan fingerprint density at radius 3 is 2.65 bits per heavy atom. The number of ether oxygens (including phenoxy) is 1. The number of amides is 1. The van der Waals surface area contributed by atoms with E-state index >= 15 is 0 Å². The van der Waals surface area contributed by atoms with Gasteiger partial charge in [0.15, 0.2) is 0 Å². The molecule has 5 nitrogen and oxygen atoms in total. The van der Waals surface area contributed by atoms with Gasteiger partial charge in [0.1, 0.15) is 0 Å². The third kappa shape index (κ3) is 2.64. The minimum atomic E-state index is -0.521. The maximum atomic E-state index is 12.3. The number of hydrogen-bond acceptors (Lipinski definition) is 4. The SMILES string of the molecule is COC(=O)c1ccc(Cl)cc1NC(=O)C1(CN)CCC1. The highest BCUT2D eigenvalue weighted by molar-refractivity contribution is 6.31. The summed E-state index contributed by atoms with van der Waals surface area (Å²) in [5, 5.41) is 3.19. The van der Waals surface area contributed by atoms with E-state index in [1.807, 2.05) is 0 Å². The second kappa shape index (κ2) is 5.81. The monoisotopic (exact) mass is 296 g/mol. The van der Waals surface area contributed by atoms with Crippen molar-refractivity contribution < 1.29 is 14.3 Å². The van der Waals surface area contributed by atoms with Crippen LogP contribution >= 0.6 is 11.6 Å². The Morgan fingerprint density at radius 1 is 1.45 bits per heavy atom. The van der Waals surface area contributed by atoms with Crippen molar-refractivity contribution in [3.8, 4) is 0 Å². The number of halogens is 1. The zero-order valence-corrected chi connectivity index (χ0v) is 12.0. The molecule has 6 heteroatoms. The van der Waals surface area contributed by atoms with E-state index in [-0.39, 0.29) is 11.5 Å². The summed E-state index contributed by atoms with van der Waals surface area (Å²) >= 11 is 5.92. The lowest BCUT2D eigenvalue weighted by Gasteiger charge is -2.39. The van der Waals surface area contributed by atoms with Gasteiger partial charge in [-0.05, 0) is 31.0 Å². The topological polar surface area (TPSA) is 81.4 Å². The Hall–Kier alpha value is -1.59. The fraction of sp³-hybridized carbons (Fsp3) is 0.429. The van der Waals surface area contributed by atoms with E-state index in [0.29, 0.717) is 17.3 Å². The van der Waals surface area contributed by atoms with Crippen molar-refractivity contribution in [2.45, 2.75) is 19.3 Å². The molecule has 1 amide bonds. The summed E-state index contributed by atoms with van der Waals surface area (Å²) < 4.78 is 4.69. The lowest BCUT2D eigenvalue weighted by molar-refractivity contribution is -0.129. The fourth-order valence-electron chi connectivity index (χ4n) is 2.29. The van der Waals surface area contributed by atoms with Gasteiger partial charge in [-0.25, -0.2) is 4.79 Å². The minimum Gasteiger partial charge on any atom is -0.465 e. The molecule has 0 spiro atoms. The first-order valence-electron chi connectivity index (χ1n) is 6.42. The summed E-state index contributed by atoms with van der Waals surface area (Å²) in [6.07, 6.45) is 2.52. The van der Waals surface area contributed by atoms with Crippen molar-refractivity contribution in [1.29, 1.82) is 0 Å². The molecule has 0 radical (unpaired) electrons. The van der Waals surface area contributed by atoms with Crippen molar-refractivity contribution in [3.63, 3.8) is 0 Å². The maximum absolute atomic E-state index is 12.3. The number of carbonyl (C=O) groups excluding carboxylic acids is 2. The molecule has 0 saturated heterocycles. The second-order valence-electron chi connectivity index (χ2n) is 4.97. The number of nitrogens with one attached hydrogen (secondary N) is 1. The normalized spacial score (nSPS) is 16.1. The van der Waals surface area contributed by atoms with Crippen LogP contribution in [0.3, 0.4) is 0 Å². The van der Waals surface area contributed by atoms with Crippen LogP contribution in [0.5, 0.6) is 0 Å². The first-order chi connectivity index (χ1) is 9.52. The molecule has 0 aromatic heterocycles. The molecule has 3 N–H and O–H groups in total. The molecule has 1 aromatic rings. The molecular formula is C14H17ClN2O3. The third-order valence-corrected chi connectivity index (χ3v) is 4.05. The van der Waals surface area contributed by atoms with Gasteiger partial charge in [-0.3, -0.25) is 4.79 Å². The van der Waals surface area contributed by atoms with E-state index in [1.54, 1.807) is 6.07 Å². The van der Waals surface area contributed by atoms with Gasteiger partial charge < -0.3 is 15.8 Å². The smallest absolute Gasteiger partial charge is 0.339 e. The Kier molecular flexibility index (Phi) is 4.30. The predicted molar refractivity (Wildman–Crippen MR) is 76.8 cm³/mol. The molecule has 1 aliphatic carbocycles. The molecule has 1 fully saturated rings. The van der Waals surface area contributed by atoms with Gasteiger partial charge in [0.05, 0.1) is 23.8 Å². The highest BCUT2D eigenvalue weighted by atomic mass is 35.5. The highest BCUT2D eigenvalue weighted by Crippen LogP contribution is 2.41. The summed E-state index contributed by atoms with van der Waals surface area (Å²) in [5.74, 6) is -0.689. The molecule has 0 atom stereocenters. The van der Waals surface area contributed by atoms with Crippen LogP contribution in [0.15, 0.2) is 18.2 Å². The van der Waals surface area contributed by atoms with Crippen LogP contribution in [0.25, 0.3) is 0 Å². The molecule has 2 rings (SSSR count). The Morgan fingerprint density at radius 2 is 2.15 bits per heavy atom. The van der Waals surface area contributed by atoms with Gasteiger partial charge in [0, 0.05) is 11.6 Å². The Labute approximate surface area is 122 Å². The van der Waals surface area contributed by atoms with Crippen LogP contribution in [0, 0.1) is 5.41 Å². The maximum Gasteiger partial charge on any atom is 0.339 e. The minimum absolute atomic E-state index is 0.168. The van der Waals surface area contributed by atoms with Gasteiger partial charge in [0.2, 0.25) is 5.91 Å². The molecule has 0 bridgehead atoms. The van der Waals surface area contributed by atoms with Crippen LogP contribution in [-0.2, 0) is 9.53 Å². The fourth-order valence-corrected chi connectivity index (χ4v) is 2.46. The average Bonchev–Trinajstić information content (AvgIpc) is 2.37. The number of rotatable bonds is 4. The van der Waals surface area contributed by atoms with E-state index in [9.17, 15) is 9.59 Å². The molecule has 20 heavy (non-hydrogen) atoms. The van der Waals surface area contributed by atoms with E-state index in [0.717, 1.165) is 19.3 Å². The lowest BCUT2D eigenvalue weighted by Crippen LogP contribution is -2.47. The molecular weight excluding hydrogens is 280 g/mol. The quantitative estimate of drug-likeness (QED) is 0.835. The van der Waals surface area contributed by atoms with Crippen LogP contribution in [0.4, 0.5) is 5.69 Å². The van der Waals surface area contributed by atoms with Gasteiger partial charge in [-0.2, -0.15) is 0 Å². The van der Waals surface area contributed by atoms with Gasteiger partial charge in [-0.15, -0.1) is 0 Å². The molecule has 1 aromatic carbocycles. The van der Waals surface area contributed by atoms with E-state index < -0.39 is 11.4 Å². The third-order valence-electron chi connectivity index (χ3n) is 3.82. The predicted octanol–water partition coefficient (Wildman–Crippen LogP) is 2.19. The largest absolute Gasteiger partial charge is 0.465 e. The summed E-state index contributed by atoms with van der Waals surface area (Å²) in [5.41, 5.74) is 5.81. The summed E-state index contributed by atoms with van der Waals surface area (Å²) in [4.78, 5) is 24.0. The number of esters is 1. The zero-order valence-electron chi connectivity index (χ0n) is 11.2. The van der Waals surface area contributed by atoms with Crippen molar-refractivity contribution in [1.82, 2.24) is 0 Å². The van der Waals surface area contributed by atoms with Crippen LogP contribution in [0.2, 0.25) is 5.02 Å². The van der Waals surface area contributed by atoms with Gasteiger partial charge >= 0.3 is 5.97 Å². The van der Waals surface area contributed by atoms with E-state index in [4.69, 9.17) is 22.1 Å². The average molecular weight is 297 g/mol. The summed E-state index contributed by atoms with van der Waals surface area (Å²) in [6, 6.07) is 4.64.